The zero-order valence-electron chi connectivity index (χ0n) is 13.0. The van der Waals surface area contributed by atoms with Crippen molar-refractivity contribution in [1.29, 1.82) is 0 Å². The minimum Gasteiger partial charge on any atom is -0.398 e. The minimum absolute atomic E-state index is 0.0143. The van der Waals surface area contributed by atoms with Gasteiger partial charge in [-0.3, -0.25) is 4.74 Å². The predicted molar refractivity (Wildman–Crippen MR) is 62.6 cm³/mol. The second-order valence-electron chi connectivity index (χ2n) is 4.52. The van der Waals surface area contributed by atoms with Crippen molar-refractivity contribution in [3.05, 3.63) is 24.7 Å². The molecule has 0 aliphatic carbocycles. The summed E-state index contributed by atoms with van der Waals surface area (Å²) in [4.78, 5) is 0. The summed E-state index contributed by atoms with van der Waals surface area (Å²) in [6.45, 7) is 1.98. The van der Waals surface area contributed by atoms with Crippen LogP contribution < -0.4 is 0 Å². The molecule has 0 rings (SSSR count). The molecule has 0 bridgehead atoms. The van der Waals surface area contributed by atoms with Gasteiger partial charge in [-0.25, -0.2) is 4.39 Å². The summed E-state index contributed by atoms with van der Waals surface area (Å²) in [6.07, 6.45) is -24.7. The first kappa shape index (κ1) is 25.4. The maximum absolute atomic E-state index is 14.1. The van der Waals surface area contributed by atoms with E-state index >= 15 is 0 Å². The molecule has 0 spiro atoms. The van der Waals surface area contributed by atoms with Crippen LogP contribution in [0.25, 0.3) is 0 Å². The van der Waals surface area contributed by atoms with Gasteiger partial charge in [0.05, 0.1) is 6.61 Å². The molecule has 0 aliphatic heterocycles. The highest BCUT2D eigenvalue weighted by Gasteiger charge is 2.78. The maximum Gasteiger partial charge on any atom is 0.461 e. The van der Waals surface area contributed by atoms with Gasteiger partial charge in [-0.1, -0.05) is 6.08 Å². The lowest BCUT2D eigenvalue weighted by atomic mass is 10.2. The number of halogens is 12. The number of hydrogen-bond donors (Lipinski definition) is 0. The zero-order valence-corrected chi connectivity index (χ0v) is 13.0. The highest BCUT2D eigenvalue weighted by atomic mass is 19.4. The summed E-state index contributed by atoms with van der Waals surface area (Å²) in [5.41, 5.74) is 0. The molecule has 0 amide bonds. The van der Waals surface area contributed by atoms with Crippen molar-refractivity contribution < 1.29 is 66.9 Å². The van der Waals surface area contributed by atoms with Gasteiger partial charge in [0.15, 0.2) is 0 Å². The van der Waals surface area contributed by atoms with Gasteiger partial charge in [-0.05, 0) is 6.92 Å². The van der Waals surface area contributed by atoms with Gasteiger partial charge >= 0.3 is 42.2 Å². The van der Waals surface area contributed by atoms with Crippen molar-refractivity contribution in [2.45, 2.75) is 43.4 Å². The van der Waals surface area contributed by atoms with Crippen molar-refractivity contribution >= 4 is 0 Å². The van der Waals surface area contributed by atoms with E-state index in [2.05, 4.69) is 20.8 Å². The van der Waals surface area contributed by atoms with E-state index in [1.54, 1.807) is 0 Å². The molecule has 0 heterocycles. The molecular formula is C12H10F12O3. The highest BCUT2D eigenvalue weighted by molar-refractivity contribution is 4.95. The Morgan fingerprint density at radius 2 is 1.33 bits per heavy atom. The lowest BCUT2D eigenvalue weighted by Gasteiger charge is -2.37. The van der Waals surface area contributed by atoms with E-state index < -0.39 is 55.2 Å². The predicted octanol–water partition coefficient (Wildman–Crippen LogP) is 5.75. The Bertz CT molecular complexity index is 558. The fourth-order valence-electron chi connectivity index (χ4n) is 1.34. The number of hydrogen-bond acceptors (Lipinski definition) is 3. The van der Waals surface area contributed by atoms with Crippen LogP contribution in [0.4, 0.5) is 52.7 Å². The van der Waals surface area contributed by atoms with E-state index in [-0.39, 0.29) is 6.08 Å². The van der Waals surface area contributed by atoms with Crippen LogP contribution in [0.15, 0.2) is 24.7 Å². The Morgan fingerprint density at radius 3 is 1.70 bits per heavy atom. The molecule has 0 saturated heterocycles. The average Bonchev–Trinajstić information content (AvgIpc) is 2.45. The van der Waals surface area contributed by atoms with Crippen LogP contribution in [-0.2, 0) is 14.2 Å². The van der Waals surface area contributed by atoms with E-state index in [1.165, 1.54) is 0 Å². The normalized spacial score (nSPS) is 15.9. The molecule has 27 heavy (non-hydrogen) atoms. The third-order valence-corrected chi connectivity index (χ3v) is 2.55. The number of alkyl halides is 9. The van der Waals surface area contributed by atoms with Gasteiger partial charge in [0.1, 0.15) is 0 Å². The zero-order chi connectivity index (χ0) is 21.9. The third kappa shape index (κ3) is 5.21. The van der Waals surface area contributed by atoms with E-state index in [9.17, 15) is 52.7 Å². The van der Waals surface area contributed by atoms with Gasteiger partial charge in [0.25, 0.3) is 0 Å². The standard InChI is InChI=1S/C12H10F12O3/c1-3-5-8(16,10(19,20)26-7(15)6(13)14)27-12(23,24)9(17,18)11(21,22)25-4-2/h3H,1,4-5H2,2H3. The Labute approximate surface area is 143 Å². The molecule has 0 aliphatic rings. The Balaban J connectivity index is 6.03. The topological polar surface area (TPSA) is 27.7 Å². The molecule has 0 fully saturated rings. The summed E-state index contributed by atoms with van der Waals surface area (Å²) in [5, 5.41) is 0. The first-order valence-electron chi connectivity index (χ1n) is 6.45. The average molecular weight is 430 g/mol. The van der Waals surface area contributed by atoms with Crippen molar-refractivity contribution in [2.24, 2.45) is 0 Å². The van der Waals surface area contributed by atoms with E-state index in [0.29, 0.717) is 6.92 Å². The Kier molecular flexibility index (Phi) is 7.66. The van der Waals surface area contributed by atoms with Crippen molar-refractivity contribution in [1.82, 2.24) is 0 Å². The van der Waals surface area contributed by atoms with Gasteiger partial charge in [0.2, 0.25) is 0 Å². The fourth-order valence-corrected chi connectivity index (χ4v) is 1.34. The molecule has 0 saturated carbocycles. The molecule has 0 radical (unpaired) electrons. The summed E-state index contributed by atoms with van der Waals surface area (Å²) >= 11 is 0. The summed E-state index contributed by atoms with van der Waals surface area (Å²) in [6, 6.07) is -3.47. The van der Waals surface area contributed by atoms with Crippen molar-refractivity contribution in [3.8, 4) is 0 Å². The molecule has 0 aromatic carbocycles. The molecule has 1 unspecified atom stereocenters. The van der Waals surface area contributed by atoms with Gasteiger partial charge in [0, 0.05) is 6.42 Å². The lowest BCUT2D eigenvalue weighted by molar-refractivity contribution is -0.502. The molecule has 3 nitrogen and oxygen atoms in total. The van der Waals surface area contributed by atoms with E-state index in [0.717, 1.165) is 0 Å². The fraction of sp³-hybridized carbons (Fsp3) is 0.667. The van der Waals surface area contributed by atoms with Crippen LogP contribution in [-0.4, -0.2) is 36.7 Å². The Hall–Kier alpha value is -1.64. The summed E-state index contributed by atoms with van der Waals surface area (Å²) in [5.74, 6) is -12.3. The van der Waals surface area contributed by atoms with Crippen LogP contribution in [0.1, 0.15) is 13.3 Å². The first-order valence-corrected chi connectivity index (χ1v) is 6.45. The second-order valence-corrected chi connectivity index (χ2v) is 4.52. The van der Waals surface area contributed by atoms with Crippen LogP contribution in [0.5, 0.6) is 0 Å². The molecule has 1 atom stereocenters. The minimum atomic E-state index is -6.73. The molecule has 15 heteroatoms. The molecule has 160 valence electrons. The highest BCUT2D eigenvalue weighted by Crippen LogP contribution is 2.52. The number of rotatable bonds is 11. The van der Waals surface area contributed by atoms with Crippen LogP contribution in [0.2, 0.25) is 0 Å². The van der Waals surface area contributed by atoms with Crippen LogP contribution in [0.3, 0.4) is 0 Å². The molecule has 0 N–H and O–H groups in total. The first-order chi connectivity index (χ1) is 11.9. The van der Waals surface area contributed by atoms with Gasteiger partial charge in [-0.15, -0.1) is 6.58 Å². The molecular weight excluding hydrogens is 420 g/mol. The van der Waals surface area contributed by atoms with Crippen LogP contribution in [0, 0.1) is 0 Å². The Morgan fingerprint density at radius 1 is 0.852 bits per heavy atom. The molecule has 0 aromatic heterocycles. The quantitative estimate of drug-likeness (QED) is 0.238. The second kappa shape index (κ2) is 8.16. The third-order valence-electron chi connectivity index (χ3n) is 2.55. The monoisotopic (exact) mass is 430 g/mol. The van der Waals surface area contributed by atoms with E-state index in [1.807, 2.05) is 0 Å². The summed E-state index contributed by atoms with van der Waals surface area (Å²) < 4.78 is 165. The maximum atomic E-state index is 14.1. The number of ether oxygens (including phenoxy) is 3. The van der Waals surface area contributed by atoms with Gasteiger partial charge in [-0.2, -0.15) is 48.3 Å². The molecule has 0 aromatic rings. The smallest absolute Gasteiger partial charge is 0.398 e. The van der Waals surface area contributed by atoms with Crippen LogP contribution >= 0.6 is 0 Å². The SMILES string of the molecule is C=CCC(F)(OC(F)(F)C(F)(F)C(F)(F)OCC)C(F)(F)OC(F)=C(F)F. The van der Waals surface area contributed by atoms with Gasteiger partial charge < -0.3 is 9.47 Å². The van der Waals surface area contributed by atoms with E-state index in [4.69, 9.17) is 0 Å². The van der Waals surface area contributed by atoms with Crippen molar-refractivity contribution in [3.63, 3.8) is 0 Å². The summed E-state index contributed by atoms with van der Waals surface area (Å²) in [7, 11) is 0. The lowest BCUT2D eigenvalue weighted by Crippen LogP contribution is -2.61. The van der Waals surface area contributed by atoms with Crippen molar-refractivity contribution in [2.75, 3.05) is 6.61 Å². The largest absolute Gasteiger partial charge is 0.461 e.